The van der Waals surface area contributed by atoms with Crippen molar-refractivity contribution in [3.63, 3.8) is 0 Å². The van der Waals surface area contributed by atoms with Gasteiger partial charge in [0.2, 0.25) is 0 Å². The third-order valence-electron chi connectivity index (χ3n) is 2.43. The predicted molar refractivity (Wildman–Crippen MR) is 68.6 cm³/mol. The van der Waals surface area contributed by atoms with Gasteiger partial charge in [-0.05, 0) is 36.3 Å². The van der Waals surface area contributed by atoms with Crippen LogP contribution in [0, 0.1) is 0 Å². The molecule has 4 nitrogen and oxygen atoms in total. The van der Waals surface area contributed by atoms with Gasteiger partial charge in [0, 0.05) is 13.1 Å². The van der Waals surface area contributed by atoms with Crippen molar-refractivity contribution in [2.75, 3.05) is 20.2 Å². The van der Waals surface area contributed by atoms with Crippen LogP contribution in [0.4, 0.5) is 0 Å². The Hall–Kier alpha value is -0.390. The van der Waals surface area contributed by atoms with Crippen LogP contribution in [-0.4, -0.2) is 30.0 Å². The third-order valence-corrected chi connectivity index (χ3v) is 3.34. The van der Waals surface area contributed by atoms with Gasteiger partial charge in [0.1, 0.15) is 0 Å². The van der Waals surface area contributed by atoms with Crippen LogP contribution in [-0.2, 0) is 24.3 Å². The SMILES string of the molecule is CCc1nn(CC)c(COCCNC)c1Br. The van der Waals surface area contributed by atoms with Crippen molar-refractivity contribution in [2.45, 2.75) is 33.4 Å². The Morgan fingerprint density at radius 3 is 2.75 bits per heavy atom. The number of likely N-dealkylation sites (N-methyl/N-ethyl adjacent to an activating group) is 1. The normalized spacial score (nSPS) is 11.0. The summed E-state index contributed by atoms with van der Waals surface area (Å²) in [5.74, 6) is 0. The fourth-order valence-electron chi connectivity index (χ4n) is 1.50. The Labute approximate surface area is 105 Å². The molecule has 5 heteroatoms. The van der Waals surface area contributed by atoms with Crippen LogP contribution >= 0.6 is 15.9 Å². The fourth-order valence-corrected chi connectivity index (χ4v) is 2.18. The smallest absolute Gasteiger partial charge is 0.0897 e. The van der Waals surface area contributed by atoms with Gasteiger partial charge in [0.15, 0.2) is 0 Å². The quantitative estimate of drug-likeness (QED) is 0.780. The van der Waals surface area contributed by atoms with E-state index in [4.69, 9.17) is 4.74 Å². The molecule has 0 aromatic carbocycles. The van der Waals surface area contributed by atoms with E-state index in [2.05, 4.69) is 40.2 Å². The Bertz CT molecular complexity index is 325. The molecule has 1 N–H and O–H groups in total. The first-order valence-corrected chi connectivity index (χ1v) is 6.50. The summed E-state index contributed by atoms with van der Waals surface area (Å²) in [5, 5.41) is 7.57. The standard InChI is InChI=1S/C11H20BrN3O/c1-4-9-11(12)10(15(5-2)14-9)8-16-7-6-13-3/h13H,4-8H2,1-3H3. The third kappa shape index (κ3) is 3.30. The Kier molecular flexibility index (Phi) is 6.01. The molecule has 0 aliphatic heterocycles. The number of hydrogen-bond acceptors (Lipinski definition) is 3. The van der Waals surface area contributed by atoms with E-state index in [0.717, 1.165) is 42.0 Å². The number of aryl methyl sites for hydroxylation is 2. The molecule has 0 aliphatic rings. The number of ether oxygens (including phenoxy) is 1. The largest absolute Gasteiger partial charge is 0.374 e. The van der Waals surface area contributed by atoms with E-state index in [-0.39, 0.29) is 0 Å². The van der Waals surface area contributed by atoms with E-state index in [1.165, 1.54) is 0 Å². The maximum Gasteiger partial charge on any atom is 0.0897 e. The maximum absolute atomic E-state index is 5.59. The van der Waals surface area contributed by atoms with Gasteiger partial charge < -0.3 is 10.1 Å². The Morgan fingerprint density at radius 1 is 1.44 bits per heavy atom. The molecule has 0 amide bonds. The van der Waals surface area contributed by atoms with E-state index < -0.39 is 0 Å². The summed E-state index contributed by atoms with van der Waals surface area (Å²) in [6.45, 7) is 7.29. The molecule has 0 spiro atoms. The molecule has 0 aliphatic carbocycles. The average molecular weight is 290 g/mol. The Balaban J connectivity index is 2.65. The zero-order valence-corrected chi connectivity index (χ0v) is 11.8. The number of halogens is 1. The summed E-state index contributed by atoms with van der Waals surface area (Å²) in [5.41, 5.74) is 2.24. The molecule has 92 valence electrons. The summed E-state index contributed by atoms with van der Waals surface area (Å²) in [4.78, 5) is 0. The maximum atomic E-state index is 5.59. The van der Waals surface area contributed by atoms with Gasteiger partial charge in [-0.25, -0.2) is 0 Å². The average Bonchev–Trinajstić information content (AvgIpc) is 2.61. The molecule has 0 saturated heterocycles. The van der Waals surface area contributed by atoms with E-state index >= 15 is 0 Å². The second kappa shape index (κ2) is 7.04. The summed E-state index contributed by atoms with van der Waals surface area (Å²) < 4.78 is 8.69. The van der Waals surface area contributed by atoms with Crippen LogP contribution in [0.3, 0.4) is 0 Å². The van der Waals surface area contributed by atoms with Crippen molar-refractivity contribution in [1.29, 1.82) is 0 Å². The lowest BCUT2D eigenvalue weighted by molar-refractivity contribution is 0.117. The molecule has 0 radical (unpaired) electrons. The molecule has 0 saturated carbocycles. The van der Waals surface area contributed by atoms with Gasteiger partial charge in [-0.15, -0.1) is 0 Å². The van der Waals surface area contributed by atoms with Crippen molar-refractivity contribution >= 4 is 15.9 Å². The number of hydrogen-bond donors (Lipinski definition) is 1. The lowest BCUT2D eigenvalue weighted by Gasteiger charge is -2.06. The number of nitrogens with one attached hydrogen (secondary N) is 1. The van der Waals surface area contributed by atoms with Crippen molar-refractivity contribution in [3.8, 4) is 0 Å². The van der Waals surface area contributed by atoms with E-state index in [0.29, 0.717) is 6.61 Å². The van der Waals surface area contributed by atoms with Crippen molar-refractivity contribution in [3.05, 3.63) is 15.9 Å². The number of nitrogens with zero attached hydrogens (tertiary/aromatic N) is 2. The zero-order chi connectivity index (χ0) is 12.0. The summed E-state index contributed by atoms with van der Waals surface area (Å²) in [7, 11) is 1.92. The molecule has 0 bridgehead atoms. The van der Waals surface area contributed by atoms with E-state index in [9.17, 15) is 0 Å². The molecule has 16 heavy (non-hydrogen) atoms. The van der Waals surface area contributed by atoms with Crippen LogP contribution in [0.15, 0.2) is 4.47 Å². The fraction of sp³-hybridized carbons (Fsp3) is 0.727. The van der Waals surface area contributed by atoms with Gasteiger partial charge in [-0.2, -0.15) is 5.10 Å². The molecular formula is C11H20BrN3O. The van der Waals surface area contributed by atoms with Crippen LogP contribution in [0.5, 0.6) is 0 Å². The van der Waals surface area contributed by atoms with Crippen molar-refractivity contribution < 1.29 is 4.74 Å². The number of aromatic nitrogens is 2. The second-order valence-electron chi connectivity index (χ2n) is 3.53. The van der Waals surface area contributed by atoms with Gasteiger partial charge >= 0.3 is 0 Å². The zero-order valence-electron chi connectivity index (χ0n) is 10.2. The van der Waals surface area contributed by atoms with Gasteiger partial charge in [-0.3, -0.25) is 4.68 Å². The molecular weight excluding hydrogens is 270 g/mol. The highest BCUT2D eigenvalue weighted by Gasteiger charge is 2.13. The number of rotatable bonds is 7. The van der Waals surface area contributed by atoms with Gasteiger partial charge in [0.05, 0.1) is 29.1 Å². The minimum atomic E-state index is 0.614. The molecule has 1 rings (SSSR count). The summed E-state index contributed by atoms with van der Waals surface area (Å²) in [6, 6.07) is 0. The Morgan fingerprint density at radius 2 is 2.19 bits per heavy atom. The minimum absolute atomic E-state index is 0.614. The topological polar surface area (TPSA) is 39.1 Å². The van der Waals surface area contributed by atoms with Crippen molar-refractivity contribution in [2.24, 2.45) is 0 Å². The highest BCUT2D eigenvalue weighted by Crippen LogP contribution is 2.22. The predicted octanol–water partition coefficient (Wildman–Crippen LogP) is 1.96. The molecule has 0 atom stereocenters. The summed E-state index contributed by atoms with van der Waals surface area (Å²) in [6.07, 6.45) is 0.942. The lowest BCUT2D eigenvalue weighted by atomic mass is 10.3. The van der Waals surface area contributed by atoms with Crippen LogP contribution in [0.25, 0.3) is 0 Å². The second-order valence-corrected chi connectivity index (χ2v) is 4.33. The highest BCUT2D eigenvalue weighted by atomic mass is 79.9. The molecule has 1 heterocycles. The van der Waals surface area contributed by atoms with Crippen LogP contribution in [0.2, 0.25) is 0 Å². The molecule has 1 aromatic rings. The first-order valence-electron chi connectivity index (χ1n) is 5.70. The van der Waals surface area contributed by atoms with E-state index in [1.54, 1.807) is 0 Å². The van der Waals surface area contributed by atoms with Crippen molar-refractivity contribution in [1.82, 2.24) is 15.1 Å². The molecule has 0 unspecified atom stereocenters. The minimum Gasteiger partial charge on any atom is -0.374 e. The first-order chi connectivity index (χ1) is 7.74. The van der Waals surface area contributed by atoms with Gasteiger partial charge in [0.25, 0.3) is 0 Å². The molecule has 1 aromatic heterocycles. The van der Waals surface area contributed by atoms with Gasteiger partial charge in [-0.1, -0.05) is 6.92 Å². The van der Waals surface area contributed by atoms with Crippen LogP contribution in [0.1, 0.15) is 25.2 Å². The highest BCUT2D eigenvalue weighted by molar-refractivity contribution is 9.10. The van der Waals surface area contributed by atoms with E-state index in [1.807, 2.05) is 11.7 Å². The molecule has 0 fully saturated rings. The monoisotopic (exact) mass is 289 g/mol. The first kappa shape index (κ1) is 13.7. The lowest BCUT2D eigenvalue weighted by Crippen LogP contribution is -2.15. The van der Waals surface area contributed by atoms with Crippen LogP contribution < -0.4 is 5.32 Å². The summed E-state index contributed by atoms with van der Waals surface area (Å²) >= 11 is 3.59.